The van der Waals surface area contributed by atoms with Crippen LogP contribution in [-0.2, 0) is 20.9 Å². The average molecular weight is 598 g/mol. The van der Waals surface area contributed by atoms with Crippen LogP contribution in [0.5, 0.6) is 0 Å². The van der Waals surface area contributed by atoms with Gasteiger partial charge in [-0.2, -0.15) is 0 Å². The second-order valence-electron chi connectivity index (χ2n) is 12.5. The monoisotopic (exact) mass is 597 g/mol. The van der Waals surface area contributed by atoms with Crippen molar-refractivity contribution >= 4 is 35.4 Å². The van der Waals surface area contributed by atoms with Crippen LogP contribution in [0, 0.1) is 5.92 Å². The third-order valence-electron chi connectivity index (χ3n) is 7.68. The first-order valence-corrected chi connectivity index (χ1v) is 15.1. The lowest BCUT2D eigenvalue weighted by Gasteiger charge is -2.33. The Labute approximate surface area is 260 Å². The first-order valence-electron chi connectivity index (χ1n) is 15.1. The molecule has 3 aromatic carbocycles. The van der Waals surface area contributed by atoms with Gasteiger partial charge < -0.3 is 25.0 Å². The van der Waals surface area contributed by atoms with Crippen molar-refractivity contribution in [2.45, 2.75) is 64.6 Å². The van der Waals surface area contributed by atoms with Crippen molar-refractivity contribution in [1.82, 2.24) is 5.32 Å². The van der Waals surface area contributed by atoms with Crippen molar-refractivity contribution in [3.8, 4) is 11.1 Å². The Hall–Kier alpha value is -4.59. The number of aliphatic carboxylic acids is 1. The molecule has 0 spiro atoms. The number of nitrogens with one attached hydrogen (secondary N) is 1. The number of hydrogen-bond donors (Lipinski definition) is 2. The molecule has 0 aliphatic heterocycles. The molecule has 44 heavy (non-hydrogen) atoms. The van der Waals surface area contributed by atoms with Crippen molar-refractivity contribution in [2.24, 2.45) is 5.92 Å². The zero-order chi connectivity index (χ0) is 31.9. The lowest BCUT2D eigenvalue weighted by Crippen LogP contribution is -2.43. The minimum Gasteiger partial charge on any atom is -0.478 e. The van der Waals surface area contributed by atoms with Crippen LogP contribution in [0.15, 0.2) is 78.9 Å². The van der Waals surface area contributed by atoms with E-state index < -0.39 is 17.7 Å². The van der Waals surface area contributed by atoms with Gasteiger partial charge in [-0.05, 0) is 99.0 Å². The van der Waals surface area contributed by atoms with E-state index in [-0.39, 0.29) is 17.9 Å². The molecule has 2 N–H and O–H groups in total. The molecular weight excluding hydrogens is 554 g/mol. The number of carbonyl (C=O) groups excluding carboxylic acids is 2. The van der Waals surface area contributed by atoms with E-state index in [0.29, 0.717) is 43.5 Å². The summed E-state index contributed by atoms with van der Waals surface area (Å²) in [6.45, 7) is 5.87. The summed E-state index contributed by atoms with van der Waals surface area (Å²) < 4.78 is 5.40. The van der Waals surface area contributed by atoms with E-state index in [1.165, 1.54) is 6.08 Å². The van der Waals surface area contributed by atoms with E-state index >= 15 is 0 Å². The number of carbonyl (C=O) groups is 3. The minimum absolute atomic E-state index is 0.0171. The molecule has 8 heteroatoms. The van der Waals surface area contributed by atoms with E-state index in [9.17, 15) is 14.4 Å². The number of benzene rings is 3. The number of anilines is 2. The molecule has 1 fully saturated rings. The fraction of sp³-hybridized carbons (Fsp3) is 0.361. The Kier molecular flexibility index (Phi) is 10.5. The first kappa shape index (κ1) is 32.3. The molecule has 1 aliphatic rings. The van der Waals surface area contributed by atoms with Gasteiger partial charge in [0.05, 0.1) is 6.54 Å². The van der Waals surface area contributed by atoms with Gasteiger partial charge in [0.15, 0.2) is 0 Å². The summed E-state index contributed by atoms with van der Waals surface area (Å²) in [6, 6.07) is 24.0. The second-order valence-corrected chi connectivity index (χ2v) is 12.5. The first-order chi connectivity index (χ1) is 20.9. The van der Waals surface area contributed by atoms with Crippen LogP contribution in [0.25, 0.3) is 17.2 Å². The Balaban J connectivity index is 1.52. The third kappa shape index (κ3) is 9.20. The number of hydrogen-bond acceptors (Lipinski definition) is 5. The van der Waals surface area contributed by atoms with Crippen molar-refractivity contribution in [1.29, 1.82) is 0 Å². The van der Waals surface area contributed by atoms with Crippen molar-refractivity contribution in [2.75, 3.05) is 23.9 Å². The SMILES string of the molecule is CN(C)c1ccc(-c2ccc(CN(C(=O)C3CCC(NC(=O)OC(C)(C)C)CC3)c3cccc(C=CC(=O)O)c3)cc2)cc1. The molecule has 4 rings (SSSR count). The summed E-state index contributed by atoms with van der Waals surface area (Å²) in [5, 5.41) is 12.0. The molecule has 1 aliphatic carbocycles. The maximum absolute atomic E-state index is 14.1. The minimum atomic E-state index is -1.03. The summed E-state index contributed by atoms with van der Waals surface area (Å²) in [5.74, 6) is -1.21. The molecule has 0 aromatic heterocycles. The van der Waals surface area contributed by atoms with Crippen LogP contribution in [0.3, 0.4) is 0 Å². The van der Waals surface area contributed by atoms with Gasteiger partial charge in [-0.15, -0.1) is 0 Å². The van der Waals surface area contributed by atoms with E-state index in [2.05, 4.69) is 46.6 Å². The molecule has 0 saturated heterocycles. The predicted octanol–water partition coefficient (Wildman–Crippen LogP) is 7.13. The summed E-state index contributed by atoms with van der Waals surface area (Å²) in [4.78, 5) is 41.3. The Morgan fingerprint density at radius 1 is 0.886 bits per heavy atom. The molecule has 1 saturated carbocycles. The van der Waals surface area contributed by atoms with Crippen molar-refractivity contribution in [3.63, 3.8) is 0 Å². The van der Waals surface area contributed by atoms with Crippen LogP contribution in [0.4, 0.5) is 16.2 Å². The quantitative estimate of drug-likeness (QED) is 0.255. The van der Waals surface area contributed by atoms with E-state index in [1.807, 2.05) is 71.3 Å². The van der Waals surface area contributed by atoms with Crippen LogP contribution in [-0.4, -0.2) is 48.8 Å². The lowest BCUT2D eigenvalue weighted by atomic mass is 9.85. The Morgan fingerprint density at radius 3 is 2.07 bits per heavy atom. The standard InChI is InChI=1S/C36H43N3O5/c1-36(2,3)44-35(43)37-30-18-14-29(15-19-30)34(42)39(32-8-6-7-25(23-32)11-22-33(40)41)24-26-9-12-27(13-10-26)28-16-20-31(21-17-28)38(4)5/h6-13,16-17,20-23,29-30H,14-15,18-19,24H2,1-5H3,(H,37,43)(H,40,41). The third-order valence-corrected chi connectivity index (χ3v) is 7.68. The molecule has 0 atom stereocenters. The molecular formula is C36H43N3O5. The van der Waals surface area contributed by atoms with Gasteiger partial charge in [0.25, 0.3) is 0 Å². The van der Waals surface area contributed by atoms with E-state index in [1.54, 1.807) is 4.90 Å². The average Bonchev–Trinajstić information content (AvgIpc) is 2.98. The maximum Gasteiger partial charge on any atom is 0.407 e. The summed E-state index contributed by atoms with van der Waals surface area (Å²) in [6.07, 6.45) is 4.86. The van der Waals surface area contributed by atoms with Crippen LogP contribution >= 0.6 is 0 Å². The van der Waals surface area contributed by atoms with E-state index in [0.717, 1.165) is 28.5 Å². The van der Waals surface area contributed by atoms with Crippen molar-refractivity contribution in [3.05, 3.63) is 90.0 Å². The summed E-state index contributed by atoms with van der Waals surface area (Å²) in [7, 11) is 4.03. The molecule has 0 radical (unpaired) electrons. The number of nitrogens with zero attached hydrogens (tertiary/aromatic N) is 2. The number of carboxylic acid groups (broad SMARTS) is 1. The molecule has 0 heterocycles. The predicted molar refractivity (Wildman–Crippen MR) is 176 cm³/mol. The fourth-order valence-electron chi connectivity index (χ4n) is 5.38. The summed E-state index contributed by atoms with van der Waals surface area (Å²) in [5.41, 5.74) is 5.16. The highest BCUT2D eigenvalue weighted by Gasteiger charge is 2.31. The molecule has 0 unspecified atom stereocenters. The van der Waals surface area contributed by atoms with Crippen LogP contribution in [0.1, 0.15) is 57.6 Å². The molecule has 2 amide bonds. The topological polar surface area (TPSA) is 99.2 Å². The lowest BCUT2D eigenvalue weighted by molar-refractivity contribution is -0.131. The summed E-state index contributed by atoms with van der Waals surface area (Å²) >= 11 is 0. The van der Waals surface area contributed by atoms with Gasteiger partial charge in [-0.25, -0.2) is 9.59 Å². The molecule has 0 bridgehead atoms. The zero-order valence-electron chi connectivity index (χ0n) is 26.2. The molecule has 8 nitrogen and oxygen atoms in total. The smallest absolute Gasteiger partial charge is 0.407 e. The molecule has 232 valence electrons. The van der Waals surface area contributed by atoms with Gasteiger partial charge in [0.2, 0.25) is 5.91 Å². The van der Waals surface area contributed by atoms with Gasteiger partial charge in [0, 0.05) is 43.5 Å². The van der Waals surface area contributed by atoms with Crippen molar-refractivity contribution < 1.29 is 24.2 Å². The number of carboxylic acids is 1. The Bertz CT molecular complexity index is 1460. The maximum atomic E-state index is 14.1. The molecule has 3 aromatic rings. The highest BCUT2D eigenvalue weighted by atomic mass is 16.6. The second kappa shape index (κ2) is 14.3. The van der Waals surface area contributed by atoms with Gasteiger partial charge in [0.1, 0.15) is 5.60 Å². The van der Waals surface area contributed by atoms with Crippen LogP contribution < -0.4 is 15.1 Å². The van der Waals surface area contributed by atoms with Gasteiger partial charge in [-0.1, -0.05) is 48.5 Å². The van der Waals surface area contributed by atoms with Gasteiger partial charge >= 0.3 is 12.1 Å². The Morgan fingerprint density at radius 2 is 1.50 bits per heavy atom. The van der Waals surface area contributed by atoms with Crippen LogP contribution in [0.2, 0.25) is 0 Å². The van der Waals surface area contributed by atoms with Gasteiger partial charge in [-0.3, -0.25) is 4.79 Å². The number of amides is 2. The highest BCUT2D eigenvalue weighted by Crippen LogP contribution is 2.31. The highest BCUT2D eigenvalue weighted by molar-refractivity contribution is 5.95. The fourth-order valence-corrected chi connectivity index (χ4v) is 5.38. The number of ether oxygens (including phenoxy) is 1. The zero-order valence-corrected chi connectivity index (χ0v) is 26.2. The normalized spacial score (nSPS) is 16.8. The number of rotatable bonds is 9. The van der Waals surface area contributed by atoms with E-state index in [4.69, 9.17) is 9.84 Å². The largest absolute Gasteiger partial charge is 0.478 e. The number of alkyl carbamates (subject to hydrolysis) is 1.